The second-order valence-electron chi connectivity index (χ2n) is 4.67. The number of ether oxygens (including phenoxy) is 1. The predicted octanol–water partition coefficient (Wildman–Crippen LogP) is 3.23. The van der Waals surface area contributed by atoms with E-state index in [2.05, 4.69) is 22.9 Å². The number of halogens is 1. The van der Waals surface area contributed by atoms with Gasteiger partial charge in [-0.15, -0.1) is 0 Å². The van der Waals surface area contributed by atoms with E-state index in [-0.39, 0.29) is 12.5 Å². The zero-order chi connectivity index (χ0) is 13.0. The summed E-state index contributed by atoms with van der Waals surface area (Å²) in [5, 5.41) is 0. The SMILES string of the molecule is CC1CCCCN1C(=O)COc1ccc(Br)cc1. The monoisotopic (exact) mass is 311 g/mol. The van der Waals surface area contributed by atoms with Crippen molar-refractivity contribution in [1.82, 2.24) is 4.90 Å². The Bertz CT molecular complexity index is 405. The summed E-state index contributed by atoms with van der Waals surface area (Å²) in [7, 11) is 0. The molecule has 0 aromatic heterocycles. The van der Waals surface area contributed by atoms with Gasteiger partial charge in [-0.1, -0.05) is 15.9 Å². The fourth-order valence-corrected chi connectivity index (χ4v) is 2.49. The average molecular weight is 312 g/mol. The third-order valence-corrected chi connectivity index (χ3v) is 3.83. The molecule has 1 fully saturated rings. The third kappa shape index (κ3) is 3.48. The van der Waals surface area contributed by atoms with E-state index in [0.29, 0.717) is 6.04 Å². The van der Waals surface area contributed by atoms with Crippen LogP contribution in [-0.4, -0.2) is 30.0 Å². The van der Waals surface area contributed by atoms with Crippen LogP contribution in [0.15, 0.2) is 28.7 Å². The molecule has 0 aliphatic carbocycles. The van der Waals surface area contributed by atoms with E-state index in [1.807, 2.05) is 29.2 Å². The first-order valence-electron chi connectivity index (χ1n) is 6.34. The average Bonchev–Trinajstić information content (AvgIpc) is 2.38. The van der Waals surface area contributed by atoms with Crippen LogP contribution in [0.4, 0.5) is 0 Å². The first kappa shape index (κ1) is 13.4. The first-order chi connectivity index (χ1) is 8.66. The zero-order valence-electron chi connectivity index (χ0n) is 10.6. The summed E-state index contributed by atoms with van der Waals surface area (Å²) in [6.07, 6.45) is 3.43. The maximum Gasteiger partial charge on any atom is 0.260 e. The molecule has 98 valence electrons. The van der Waals surface area contributed by atoms with E-state index in [9.17, 15) is 4.79 Å². The van der Waals surface area contributed by atoms with E-state index >= 15 is 0 Å². The van der Waals surface area contributed by atoms with Crippen LogP contribution in [0.2, 0.25) is 0 Å². The van der Waals surface area contributed by atoms with Crippen molar-refractivity contribution >= 4 is 21.8 Å². The van der Waals surface area contributed by atoms with Crippen LogP contribution in [0.25, 0.3) is 0 Å². The lowest BCUT2D eigenvalue weighted by Crippen LogP contribution is -2.44. The van der Waals surface area contributed by atoms with Crippen molar-refractivity contribution < 1.29 is 9.53 Å². The quantitative estimate of drug-likeness (QED) is 0.857. The van der Waals surface area contributed by atoms with Gasteiger partial charge in [-0.05, 0) is 50.5 Å². The Hall–Kier alpha value is -1.03. The smallest absolute Gasteiger partial charge is 0.260 e. The summed E-state index contributed by atoms with van der Waals surface area (Å²) in [4.78, 5) is 14.0. The van der Waals surface area contributed by atoms with Crippen molar-refractivity contribution in [3.63, 3.8) is 0 Å². The highest BCUT2D eigenvalue weighted by molar-refractivity contribution is 9.10. The number of hydrogen-bond acceptors (Lipinski definition) is 2. The van der Waals surface area contributed by atoms with Gasteiger partial charge in [-0.2, -0.15) is 0 Å². The summed E-state index contributed by atoms with van der Waals surface area (Å²) in [6.45, 7) is 3.10. The standard InChI is InChI=1S/C14H18BrNO2/c1-11-4-2-3-9-16(11)14(17)10-18-13-7-5-12(15)6-8-13/h5-8,11H,2-4,9-10H2,1H3. The summed E-state index contributed by atoms with van der Waals surface area (Å²) < 4.78 is 6.52. The van der Waals surface area contributed by atoms with Crippen LogP contribution in [0.5, 0.6) is 5.75 Å². The van der Waals surface area contributed by atoms with Crippen molar-refractivity contribution in [3.8, 4) is 5.75 Å². The minimum atomic E-state index is 0.0881. The predicted molar refractivity (Wildman–Crippen MR) is 74.7 cm³/mol. The lowest BCUT2D eigenvalue weighted by atomic mass is 10.0. The van der Waals surface area contributed by atoms with Crippen LogP contribution in [-0.2, 0) is 4.79 Å². The molecule has 0 saturated carbocycles. The topological polar surface area (TPSA) is 29.5 Å². The second kappa shape index (κ2) is 6.23. The van der Waals surface area contributed by atoms with Gasteiger partial charge in [0.25, 0.3) is 5.91 Å². The Morgan fingerprint density at radius 1 is 1.39 bits per heavy atom. The summed E-state index contributed by atoms with van der Waals surface area (Å²) >= 11 is 3.37. The molecule has 3 nitrogen and oxygen atoms in total. The van der Waals surface area contributed by atoms with E-state index in [0.717, 1.165) is 29.6 Å². The molecule has 0 N–H and O–H groups in total. The molecule has 0 bridgehead atoms. The Balaban J connectivity index is 1.85. The Morgan fingerprint density at radius 3 is 2.78 bits per heavy atom. The molecule has 1 unspecified atom stereocenters. The van der Waals surface area contributed by atoms with Gasteiger partial charge in [-0.25, -0.2) is 0 Å². The largest absolute Gasteiger partial charge is 0.484 e. The maximum atomic E-state index is 12.0. The van der Waals surface area contributed by atoms with Gasteiger partial charge in [0.1, 0.15) is 5.75 Å². The number of amides is 1. The molecule has 1 aliphatic rings. The van der Waals surface area contributed by atoms with Crippen molar-refractivity contribution in [1.29, 1.82) is 0 Å². The zero-order valence-corrected chi connectivity index (χ0v) is 12.1. The first-order valence-corrected chi connectivity index (χ1v) is 7.14. The number of rotatable bonds is 3. The molecule has 1 atom stereocenters. The van der Waals surface area contributed by atoms with Crippen molar-refractivity contribution in [2.45, 2.75) is 32.2 Å². The summed E-state index contributed by atoms with van der Waals surface area (Å²) in [5.41, 5.74) is 0. The number of carbonyl (C=O) groups is 1. The number of carbonyl (C=O) groups excluding carboxylic acids is 1. The fourth-order valence-electron chi connectivity index (χ4n) is 2.23. The number of benzene rings is 1. The molecule has 1 saturated heterocycles. The van der Waals surface area contributed by atoms with Crippen molar-refractivity contribution in [2.24, 2.45) is 0 Å². The van der Waals surface area contributed by atoms with Gasteiger partial charge in [0.15, 0.2) is 6.61 Å². The van der Waals surface area contributed by atoms with Crippen LogP contribution in [0.3, 0.4) is 0 Å². The van der Waals surface area contributed by atoms with Gasteiger partial charge in [-0.3, -0.25) is 4.79 Å². The Labute approximate surface area is 116 Å². The Kier molecular flexibility index (Phi) is 4.64. The molecule has 0 spiro atoms. The highest BCUT2D eigenvalue weighted by Gasteiger charge is 2.23. The van der Waals surface area contributed by atoms with E-state index in [1.54, 1.807) is 0 Å². The van der Waals surface area contributed by atoms with Gasteiger partial charge in [0.2, 0.25) is 0 Å². The van der Waals surface area contributed by atoms with Gasteiger partial charge >= 0.3 is 0 Å². The fraction of sp³-hybridized carbons (Fsp3) is 0.500. The highest BCUT2D eigenvalue weighted by atomic mass is 79.9. The summed E-state index contributed by atoms with van der Waals surface area (Å²) in [5.74, 6) is 0.821. The van der Waals surface area contributed by atoms with E-state index in [1.165, 1.54) is 6.42 Å². The van der Waals surface area contributed by atoms with Gasteiger partial charge in [0.05, 0.1) is 0 Å². The molecule has 1 heterocycles. The lowest BCUT2D eigenvalue weighted by molar-refractivity contribution is -0.136. The highest BCUT2D eigenvalue weighted by Crippen LogP contribution is 2.18. The maximum absolute atomic E-state index is 12.0. The van der Waals surface area contributed by atoms with Crippen LogP contribution < -0.4 is 4.74 Å². The van der Waals surface area contributed by atoms with Gasteiger partial charge in [0, 0.05) is 17.1 Å². The van der Waals surface area contributed by atoms with Crippen molar-refractivity contribution in [2.75, 3.05) is 13.2 Å². The molecule has 0 radical (unpaired) electrons. The second-order valence-corrected chi connectivity index (χ2v) is 5.59. The van der Waals surface area contributed by atoms with E-state index < -0.39 is 0 Å². The number of hydrogen-bond donors (Lipinski definition) is 0. The number of likely N-dealkylation sites (tertiary alicyclic amines) is 1. The van der Waals surface area contributed by atoms with Crippen LogP contribution in [0.1, 0.15) is 26.2 Å². The van der Waals surface area contributed by atoms with E-state index in [4.69, 9.17) is 4.74 Å². The van der Waals surface area contributed by atoms with Crippen LogP contribution >= 0.6 is 15.9 Å². The molecular formula is C14H18BrNO2. The lowest BCUT2D eigenvalue weighted by Gasteiger charge is -2.33. The molecule has 1 amide bonds. The number of piperidine rings is 1. The summed E-state index contributed by atoms with van der Waals surface area (Å²) in [6, 6.07) is 7.88. The molecule has 18 heavy (non-hydrogen) atoms. The molecule has 1 aromatic rings. The molecule has 1 aromatic carbocycles. The van der Waals surface area contributed by atoms with Crippen molar-refractivity contribution in [3.05, 3.63) is 28.7 Å². The minimum absolute atomic E-state index is 0.0881. The number of nitrogens with zero attached hydrogens (tertiary/aromatic N) is 1. The molecular weight excluding hydrogens is 294 g/mol. The normalized spacial score (nSPS) is 19.7. The molecule has 2 rings (SSSR count). The van der Waals surface area contributed by atoms with Crippen LogP contribution in [0, 0.1) is 0 Å². The Morgan fingerprint density at radius 2 is 2.11 bits per heavy atom. The third-order valence-electron chi connectivity index (χ3n) is 3.30. The minimum Gasteiger partial charge on any atom is -0.484 e. The molecule has 1 aliphatic heterocycles. The molecule has 4 heteroatoms. The van der Waals surface area contributed by atoms with Gasteiger partial charge < -0.3 is 9.64 Å².